The average Bonchev–Trinajstić information content (AvgIpc) is 2.40. The Bertz CT molecular complexity index is 659. The monoisotopic (exact) mass is 446 g/mol. The van der Waals surface area contributed by atoms with Crippen molar-refractivity contribution in [1.82, 2.24) is 0 Å². The van der Waals surface area contributed by atoms with Gasteiger partial charge in [-0.2, -0.15) is 26.3 Å². The molecule has 0 N–H and O–H groups in total. The van der Waals surface area contributed by atoms with E-state index in [0.29, 0.717) is 0 Å². The summed E-state index contributed by atoms with van der Waals surface area (Å²) in [5, 5.41) is 0. The molecule has 0 atom stereocenters. The van der Waals surface area contributed by atoms with Gasteiger partial charge in [0, 0.05) is 3.57 Å². The summed E-state index contributed by atoms with van der Waals surface area (Å²) in [5.74, 6) is -0.369. The number of benzene rings is 2. The predicted octanol–water partition coefficient (Wildman–Crippen LogP) is 6.43. The fourth-order valence-electron chi connectivity index (χ4n) is 1.89. The topological polar surface area (TPSA) is 9.23 Å². The summed E-state index contributed by atoms with van der Waals surface area (Å²) in [6.45, 7) is 1.29. The maximum absolute atomic E-state index is 12.8. The lowest BCUT2D eigenvalue weighted by Crippen LogP contribution is -2.08. The lowest BCUT2D eigenvalue weighted by Gasteiger charge is -2.14. The molecule has 0 saturated heterocycles. The second kappa shape index (κ2) is 6.21. The van der Waals surface area contributed by atoms with E-state index in [0.717, 1.165) is 12.1 Å². The molecular formula is C15H9F6IO. The summed E-state index contributed by atoms with van der Waals surface area (Å²) in [7, 11) is 0. The van der Waals surface area contributed by atoms with E-state index in [4.69, 9.17) is 4.74 Å². The summed E-state index contributed by atoms with van der Waals surface area (Å²) in [4.78, 5) is 0. The van der Waals surface area contributed by atoms with Gasteiger partial charge in [0.05, 0.1) is 11.1 Å². The highest BCUT2D eigenvalue weighted by Crippen LogP contribution is 2.38. The lowest BCUT2D eigenvalue weighted by atomic mass is 10.1. The molecule has 1 nitrogen and oxygen atoms in total. The van der Waals surface area contributed by atoms with Crippen molar-refractivity contribution in [3.8, 4) is 11.5 Å². The van der Waals surface area contributed by atoms with Crippen molar-refractivity contribution in [3.63, 3.8) is 0 Å². The van der Waals surface area contributed by atoms with E-state index in [1.54, 1.807) is 0 Å². The van der Waals surface area contributed by atoms with Crippen molar-refractivity contribution in [2.24, 2.45) is 0 Å². The highest BCUT2D eigenvalue weighted by molar-refractivity contribution is 14.1. The van der Waals surface area contributed by atoms with Gasteiger partial charge in [0.25, 0.3) is 0 Å². The van der Waals surface area contributed by atoms with E-state index in [-0.39, 0.29) is 20.6 Å². The minimum atomic E-state index is -4.57. The van der Waals surface area contributed by atoms with Crippen LogP contribution in [0.3, 0.4) is 0 Å². The molecule has 0 fully saturated rings. The molecule has 0 unspecified atom stereocenters. The molecule has 0 aliphatic rings. The molecule has 0 aliphatic carbocycles. The molecule has 0 saturated carbocycles. The first-order chi connectivity index (χ1) is 10.5. The Morgan fingerprint density at radius 1 is 0.783 bits per heavy atom. The maximum atomic E-state index is 12.8. The summed E-state index contributed by atoms with van der Waals surface area (Å²) >= 11 is 1.53. The maximum Gasteiger partial charge on any atom is 0.417 e. The van der Waals surface area contributed by atoms with Crippen molar-refractivity contribution in [2.75, 3.05) is 0 Å². The molecule has 8 heteroatoms. The van der Waals surface area contributed by atoms with Gasteiger partial charge in [0.2, 0.25) is 0 Å². The Labute approximate surface area is 141 Å². The molecule has 124 valence electrons. The van der Waals surface area contributed by atoms with Crippen molar-refractivity contribution in [1.29, 1.82) is 0 Å². The molecule has 0 aliphatic heterocycles. The normalized spacial score (nSPS) is 12.3. The van der Waals surface area contributed by atoms with Crippen LogP contribution in [0.2, 0.25) is 0 Å². The minimum Gasteiger partial charge on any atom is -0.457 e. The van der Waals surface area contributed by atoms with Gasteiger partial charge in [0.1, 0.15) is 11.5 Å². The molecule has 2 aromatic rings. The molecule has 0 amide bonds. The second-order valence-electron chi connectivity index (χ2n) is 4.72. The van der Waals surface area contributed by atoms with Gasteiger partial charge in [-0.1, -0.05) is 6.07 Å². The lowest BCUT2D eigenvalue weighted by molar-refractivity contribution is -0.138. The number of ether oxygens (including phenoxy) is 1. The van der Waals surface area contributed by atoms with Crippen LogP contribution in [0.5, 0.6) is 11.5 Å². The van der Waals surface area contributed by atoms with Gasteiger partial charge < -0.3 is 4.74 Å². The third-order valence-corrected chi connectivity index (χ3v) is 3.93. The van der Waals surface area contributed by atoms with Gasteiger partial charge in [-0.25, -0.2) is 0 Å². The smallest absolute Gasteiger partial charge is 0.417 e. The highest BCUT2D eigenvalue weighted by Gasteiger charge is 2.34. The molecule has 23 heavy (non-hydrogen) atoms. The third-order valence-electron chi connectivity index (χ3n) is 2.99. The van der Waals surface area contributed by atoms with Gasteiger partial charge in [-0.3, -0.25) is 0 Å². The van der Waals surface area contributed by atoms with Gasteiger partial charge in [-0.15, -0.1) is 0 Å². The highest BCUT2D eigenvalue weighted by atomic mass is 127. The summed E-state index contributed by atoms with van der Waals surface area (Å²) in [6.07, 6.45) is -9.13. The molecule has 0 spiro atoms. The van der Waals surface area contributed by atoms with Crippen LogP contribution in [0.1, 0.15) is 16.7 Å². The molecule has 0 radical (unpaired) electrons. The van der Waals surface area contributed by atoms with E-state index in [1.165, 1.54) is 53.8 Å². The van der Waals surface area contributed by atoms with Crippen LogP contribution in [-0.4, -0.2) is 0 Å². The van der Waals surface area contributed by atoms with Gasteiger partial charge >= 0.3 is 12.4 Å². The van der Waals surface area contributed by atoms with Crippen LogP contribution >= 0.6 is 22.6 Å². The third kappa shape index (κ3) is 4.30. The van der Waals surface area contributed by atoms with Gasteiger partial charge in [-0.05, 0) is 65.4 Å². The number of rotatable bonds is 2. The van der Waals surface area contributed by atoms with E-state index < -0.39 is 23.5 Å². The number of halogens is 7. The number of alkyl halides is 6. The van der Waals surface area contributed by atoms with E-state index >= 15 is 0 Å². The molecule has 0 heterocycles. The Balaban J connectivity index is 2.37. The van der Waals surface area contributed by atoms with Crippen LogP contribution < -0.4 is 4.74 Å². The first kappa shape index (κ1) is 17.9. The van der Waals surface area contributed by atoms with Crippen molar-refractivity contribution >= 4 is 22.6 Å². The zero-order chi connectivity index (χ0) is 17.4. The zero-order valence-electron chi connectivity index (χ0n) is 11.5. The first-order valence-electron chi connectivity index (χ1n) is 6.21. The van der Waals surface area contributed by atoms with Crippen LogP contribution in [0.15, 0.2) is 36.4 Å². The van der Waals surface area contributed by atoms with Crippen molar-refractivity contribution < 1.29 is 31.1 Å². The summed E-state index contributed by atoms with van der Waals surface area (Å²) in [5.41, 5.74) is -1.79. The number of aryl methyl sites for hydroxylation is 1. The zero-order valence-corrected chi connectivity index (χ0v) is 13.7. The molecule has 0 aromatic heterocycles. The second-order valence-corrected chi connectivity index (χ2v) is 5.88. The molecule has 0 bridgehead atoms. The Morgan fingerprint density at radius 2 is 1.26 bits per heavy atom. The van der Waals surface area contributed by atoms with E-state index in [1.807, 2.05) is 0 Å². The standard InChI is InChI=1S/C15H9F6IO/c1-8-2-3-9(6-11(8)14(16,17)18)23-10-4-5-13(22)12(7-10)15(19,20)21/h2-7H,1H3. The Kier molecular flexibility index (Phi) is 4.84. The van der Waals surface area contributed by atoms with Crippen LogP contribution in [0.25, 0.3) is 0 Å². The SMILES string of the molecule is Cc1ccc(Oc2ccc(I)c(C(F)(F)F)c2)cc1C(F)(F)F. The van der Waals surface area contributed by atoms with Gasteiger partial charge in [0.15, 0.2) is 0 Å². The van der Waals surface area contributed by atoms with Crippen LogP contribution in [-0.2, 0) is 12.4 Å². The van der Waals surface area contributed by atoms with Crippen LogP contribution in [0, 0.1) is 10.5 Å². The fraction of sp³-hybridized carbons (Fsp3) is 0.200. The fourth-order valence-corrected chi connectivity index (χ4v) is 2.53. The quantitative estimate of drug-likeness (QED) is 0.382. The van der Waals surface area contributed by atoms with E-state index in [9.17, 15) is 26.3 Å². The average molecular weight is 446 g/mol. The summed E-state index contributed by atoms with van der Waals surface area (Å²) < 4.78 is 82.1. The van der Waals surface area contributed by atoms with E-state index in [2.05, 4.69) is 0 Å². The molecule has 2 aromatic carbocycles. The Hall–Kier alpha value is -1.45. The predicted molar refractivity (Wildman–Crippen MR) is 80.4 cm³/mol. The van der Waals surface area contributed by atoms with Crippen LogP contribution in [0.4, 0.5) is 26.3 Å². The molecule has 2 rings (SSSR count). The number of hydrogen-bond donors (Lipinski definition) is 0. The number of hydrogen-bond acceptors (Lipinski definition) is 1. The van der Waals surface area contributed by atoms with Crippen molar-refractivity contribution in [2.45, 2.75) is 19.3 Å². The van der Waals surface area contributed by atoms with Crippen molar-refractivity contribution in [3.05, 3.63) is 56.7 Å². The first-order valence-corrected chi connectivity index (χ1v) is 7.29. The summed E-state index contributed by atoms with van der Waals surface area (Å²) in [6, 6.07) is 6.46. The largest absolute Gasteiger partial charge is 0.457 e. The minimum absolute atomic E-state index is 0.00319. The molecular weight excluding hydrogens is 437 g/mol. The Morgan fingerprint density at radius 3 is 1.78 bits per heavy atom.